The number of hydrogen-bond acceptors (Lipinski definition) is 4. The standard InChI is InChI=1S/C21H21N5O2/c1-12-4-7-15(8-5-12)19-23-21-24-20(28)17(26(21)25-19)11-18(27)22-16-9-6-13(2)10-14(16)3/h4-10,17H,11H2,1-3H3,(H,22,27)(H,23,24,25,28). The Labute approximate surface area is 162 Å². The van der Waals surface area contributed by atoms with Gasteiger partial charge in [0.25, 0.3) is 5.91 Å². The number of amides is 2. The Bertz CT molecular complexity index is 1070. The molecule has 1 aliphatic rings. The molecule has 1 aliphatic heterocycles. The van der Waals surface area contributed by atoms with Gasteiger partial charge in [-0.3, -0.25) is 14.9 Å². The third-order valence-corrected chi connectivity index (χ3v) is 4.81. The van der Waals surface area contributed by atoms with Crippen molar-refractivity contribution in [2.75, 3.05) is 10.6 Å². The van der Waals surface area contributed by atoms with Gasteiger partial charge in [-0.05, 0) is 32.4 Å². The molecule has 7 heteroatoms. The largest absolute Gasteiger partial charge is 0.326 e. The van der Waals surface area contributed by atoms with Gasteiger partial charge in [0, 0.05) is 11.3 Å². The highest BCUT2D eigenvalue weighted by atomic mass is 16.2. The van der Waals surface area contributed by atoms with Crippen LogP contribution in [0.1, 0.15) is 29.2 Å². The number of fused-ring (bicyclic) bond motifs is 1. The summed E-state index contributed by atoms with van der Waals surface area (Å²) in [6, 6.07) is 12.9. The van der Waals surface area contributed by atoms with E-state index < -0.39 is 6.04 Å². The summed E-state index contributed by atoms with van der Waals surface area (Å²) in [5.74, 6) is 0.369. The fourth-order valence-electron chi connectivity index (χ4n) is 3.27. The van der Waals surface area contributed by atoms with Gasteiger partial charge in [-0.1, -0.05) is 47.5 Å². The SMILES string of the molecule is Cc1ccc(-c2nc3n(n2)C(CC(=O)Nc2ccc(C)cc2C)C(=O)N3)cc1. The molecule has 0 radical (unpaired) electrons. The zero-order chi connectivity index (χ0) is 19.8. The van der Waals surface area contributed by atoms with E-state index in [-0.39, 0.29) is 18.2 Å². The Kier molecular flexibility index (Phi) is 4.43. The molecule has 0 aliphatic carbocycles. The average Bonchev–Trinajstić information content (AvgIpc) is 3.17. The Morgan fingerprint density at radius 1 is 1.11 bits per heavy atom. The fourth-order valence-corrected chi connectivity index (χ4v) is 3.27. The van der Waals surface area contributed by atoms with E-state index in [1.807, 2.05) is 63.2 Å². The molecule has 3 aromatic rings. The molecule has 2 heterocycles. The van der Waals surface area contributed by atoms with E-state index in [4.69, 9.17) is 0 Å². The zero-order valence-electron chi connectivity index (χ0n) is 16.0. The van der Waals surface area contributed by atoms with Gasteiger partial charge in [0.2, 0.25) is 11.9 Å². The molecule has 0 fully saturated rings. The van der Waals surface area contributed by atoms with E-state index in [1.54, 1.807) is 0 Å². The number of carbonyl (C=O) groups excluding carboxylic acids is 2. The summed E-state index contributed by atoms with van der Waals surface area (Å²) in [5.41, 5.74) is 4.85. The second-order valence-corrected chi connectivity index (χ2v) is 7.15. The summed E-state index contributed by atoms with van der Waals surface area (Å²) >= 11 is 0. The van der Waals surface area contributed by atoms with Crippen molar-refractivity contribution >= 4 is 23.5 Å². The maximum absolute atomic E-state index is 12.5. The van der Waals surface area contributed by atoms with E-state index >= 15 is 0 Å². The minimum atomic E-state index is -0.715. The van der Waals surface area contributed by atoms with Gasteiger partial charge in [-0.25, -0.2) is 4.68 Å². The number of rotatable bonds is 4. The number of aromatic nitrogens is 3. The molecule has 4 rings (SSSR count). The van der Waals surface area contributed by atoms with Gasteiger partial charge < -0.3 is 5.32 Å². The minimum Gasteiger partial charge on any atom is -0.326 e. The molecule has 28 heavy (non-hydrogen) atoms. The van der Waals surface area contributed by atoms with Crippen LogP contribution < -0.4 is 10.6 Å². The van der Waals surface area contributed by atoms with Crippen LogP contribution in [0.5, 0.6) is 0 Å². The third kappa shape index (κ3) is 3.38. The molecule has 7 nitrogen and oxygen atoms in total. The first-order valence-corrected chi connectivity index (χ1v) is 9.12. The molecule has 2 aromatic carbocycles. The van der Waals surface area contributed by atoms with Gasteiger partial charge >= 0.3 is 0 Å². The number of nitrogens with one attached hydrogen (secondary N) is 2. The van der Waals surface area contributed by atoms with Crippen LogP contribution in [0.15, 0.2) is 42.5 Å². The van der Waals surface area contributed by atoms with E-state index in [0.29, 0.717) is 11.8 Å². The summed E-state index contributed by atoms with van der Waals surface area (Å²) in [6.07, 6.45) is -0.0111. The lowest BCUT2D eigenvalue weighted by atomic mass is 10.1. The lowest BCUT2D eigenvalue weighted by Crippen LogP contribution is -2.24. The van der Waals surface area contributed by atoms with Crippen molar-refractivity contribution in [3.63, 3.8) is 0 Å². The quantitative estimate of drug-likeness (QED) is 0.731. The van der Waals surface area contributed by atoms with Crippen LogP contribution in [0.3, 0.4) is 0 Å². The van der Waals surface area contributed by atoms with E-state index in [1.165, 1.54) is 4.68 Å². The van der Waals surface area contributed by atoms with Crippen LogP contribution in [0.2, 0.25) is 0 Å². The first kappa shape index (κ1) is 17.9. The second kappa shape index (κ2) is 6.92. The molecular weight excluding hydrogens is 354 g/mol. The molecule has 0 bridgehead atoms. The molecular formula is C21H21N5O2. The lowest BCUT2D eigenvalue weighted by Gasteiger charge is -2.12. The summed E-state index contributed by atoms with van der Waals surface area (Å²) in [4.78, 5) is 29.2. The Balaban J connectivity index is 1.52. The Hall–Kier alpha value is -3.48. The van der Waals surface area contributed by atoms with Gasteiger partial charge in [-0.15, -0.1) is 5.10 Å². The topological polar surface area (TPSA) is 88.9 Å². The van der Waals surface area contributed by atoms with Crippen LogP contribution in [-0.4, -0.2) is 26.6 Å². The number of carbonyl (C=O) groups is 2. The predicted molar refractivity (Wildman–Crippen MR) is 107 cm³/mol. The van der Waals surface area contributed by atoms with Crippen molar-refractivity contribution < 1.29 is 9.59 Å². The molecule has 2 amide bonds. The summed E-state index contributed by atoms with van der Waals surface area (Å²) in [7, 11) is 0. The van der Waals surface area contributed by atoms with Crippen LogP contribution in [0, 0.1) is 20.8 Å². The second-order valence-electron chi connectivity index (χ2n) is 7.15. The molecule has 1 unspecified atom stereocenters. The van der Waals surface area contributed by atoms with Gasteiger partial charge in [-0.2, -0.15) is 4.98 Å². The summed E-state index contributed by atoms with van der Waals surface area (Å²) in [5, 5.41) is 10.0. The van der Waals surface area contributed by atoms with Gasteiger partial charge in [0.15, 0.2) is 5.82 Å². The third-order valence-electron chi connectivity index (χ3n) is 4.81. The van der Waals surface area contributed by atoms with Crippen molar-refractivity contribution in [2.45, 2.75) is 33.2 Å². The molecule has 0 saturated carbocycles. The smallest absolute Gasteiger partial charge is 0.252 e. The average molecular weight is 375 g/mol. The highest BCUT2D eigenvalue weighted by Gasteiger charge is 2.35. The van der Waals surface area contributed by atoms with E-state index in [0.717, 1.165) is 27.9 Å². The maximum atomic E-state index is 12.5. The monoisotopic (exact) mass is 375 g/mol. The first-order valence-electron chi connectivity index (χ1n) is 9.12. The van der Waals surface area contributed by atoms with E-state index in [2.05, 4.69) is 20.7 Å². The Morgan fingerprint density at radius 2 is 1.82 bits per heavy atom. The lowest BCUT2D eigenvalue weighted by molar-refractivity contribution is -0.123. The van der Waals surface area contributed by atoms with Crippen molar-refractivity contribution in [2.24, 2.45) is 0 Å². The molecule has 142 valence electrons. The number of anilines is 2. The Morgan fingerprint density at radius 3 is 2.54 bits per heavy atom. The normalized spacial score (nSPS) is 15.2. The highest BCUT2D eigenvalue weighted by molar-refractivity contribution is 6.01. The highest BCUT2D eigenvalue weighted by Crippen LogP contribution is 2.29. The van der Waals surface area contributed by atoms with Gasteiger partial charge in [0.1, 0.15) is 6.04 Å². The van der Waals surface area contributed by atoms with Crippen LogP contribution in [0.4, 0.5) is 11.6 Å². The molecule has 1 atom stereocenters. The predicted octanol–water partition coefficient (Wildman–Crippen LogP) is 3.39. The van der Waals surface area contributed by atoms with Crippen LogP contribution >= 0.6 is 0 Å². The molecule has 0 saturated heterocycles. The van der Waals surface area contributed by atoms with Crippen LogP contribution in [0.25, 0.3) is 11.4 Å². The molecule has 0 spiro atoms. The van der Waals surface area contributed by atoms with Crippen LogP contribution in [-0.2, 0) is 9.59 Å². The first-order chi connectivity index (χ1) is 13.4. The number of hydrogen-bond donors (Lipinski definition) is 2. The van der Waals surface area contributed by atoms with Crippen molar-refractivity contribution in [1.29, 1.82) is 0 Å². The fraction of sp³-hybridized carbons (Fsp3) is 0.238. The van der Waals surface area contributed by atoms with Crippen molar-refractivity contribution in [3.8, 4) is 11.4 Å². The summed E-state index contributed by atoms with van der Waals surface area (Å²) < 4.78 is 1.50. The van der Waals surface area contributed by atoms with E-state index in [9.17, 15) is 9.59 Å². The maximum Gasteiger partial charge on any atom is 0.252 e. The molecule has 2 N–H and O–H groups in total. The minimum absolute atomic E-state index is 0.0111. The summed E-state index contributed by atoms with van der Waals surface area (Å²) in [6.45, 7) is 5.95. The number of benzene rings is 2. The van der Waals surface area contributed by atoms with Gasteiger partial charge in [0.05, 0.1) is 6.42 Å². The van der Waals surface area contributed by atoms with Crippen molar-refractivity contribution in [3.05, 3.63) is 59.2 Å². The van der Waals surface area contributed by atoms with Crippen molar-refractivity contribution in [1.82, 2.24) is 14.8 Å². The number of aryl methyl sites for hydroxylation is 3. The number of nitrogens with zero attached hydrogens (tertiary/aromatic N) is 3. The molecule has 1 aromatic heterocycles. The zero-order valence-corrected chi connectivity index (χ0v) is 16.0.